The Morgan fingerprint density at radius 3 is 2.82 bits per heavy atom. The zero-order valence-electron chi connectivity index (χ0n) is 14.9. The van der Waals surface area contributed by atoms with Gasteiger partial charge in [0, 0.05) is 36.4 Å². The maximum absolute atomic E-state index is 12.7. The molecule has 0 saturated heterocycles. The molecule has 0 fully saturated rings. The van der Waals surface area contributed by atoms with Crippen LogP contribution in [0.3, 0.4) is 0 Å². The molecule has 4 rings (SSSR count). The van der Waals surface area contributed by atoms with Crippen molar-refractivity contribution < 1.29 is 9.72 Å². The van der Waals surface area contributed by atoms with Gasteiger partial charge in [-0.3, -0.25) is 14.9 Å². The van der Waals surface area contributed by atoms with E-state index < -0.39 is 10.8 Å². The summed E-state index contributed by atoms with van der Waals surface area (Å²) in [5.74, 6) is 0.604. The number of hydrogen-bond donors (Lipinski definition) is 1. The number of carbonyl (C=O) groups excluding carboxylic acids is 1. The van der Waals surface area contributed by atoms with E-state index in [0.29, 0.717) is 5.69 Å². The fourth-order valence-corrected chi connectivity index (χ4v) is 3.53. The number of benzene rings is 2. The first-order chi connectivity index (χ1) is 13.5. The van der Waals surface area contributed by atoms with Crippen molar-refractivity contribution in [3.05, 3.63) is 75.2 Å². The van der Waals surface area contributed by atoms with Gasteiger partial charge in [-0.15, -0.1) is 0 Å². The van der Waals surface area contributed by atoms with Gasteiger partial charge in [-0.05, 0) is 31.0 Å². The monoisotopic (exact) mass is 396 g/mol. The molecule has 142 valence electrons. The SMILES string of the molecule is O=C(Nc1ccccc1-c1cn2c(n1)CCCC2)c1ccc(Cl)c([N+](=O)[O-])c1. The predicted octanol–water partition coefficient (Wildman–Crippen LogP) is 4.70. The van der Waals surface area contributed by atoms with Crippen LogP contribution < -0.4 is 5.32 Å². The molecule has 0 bridgehead atoms. The molecule has 1 amide bonds. The van der Waals surface area contributed by atoms with E-state index in [4.69, 9.17) is 16.6 Å². The Morgan fingerprint density at radius 1 is 1.21 bits per heavy atom. The Hall–Kier alpha value is -3.19. The van der Waals surface area contributed by atoms with Crippen LogP contribution in [0.25, 0.3) is 11.3 Å². The van der Waals surface area contributed by atoms with Crippen molar-refractivity contribution in [3.8, 4) is 11.3 Å². The molecule has 0 radical (unpaired) electrons. The predicted molar refractivity (Wildman–Crippen MR) is 107 cm³/mol. The lowest BCUT2D eigenvalue weighted by Crippen LogP contribution is -2.13. The van der Waals surface area contributed by atoms with Crippen LogP contribution in [0, 0.1) is 10.1 Å². The topological polar surface area (TPSA) is 90.1 Å². The molecule has 28 heavy (non-hydrogen) atoms. The van der Waals surface area contributed by atoms with E-state index in [1.165, 1.54) is 18.2 Å². The van der Waals surface area contributed by atoms with Crippen molar-refractivity contribution in [2.75, 3.05) is 5.32 Å². The van der Waals surface area contributed by atoms with Crippen LogP contribution in [-0.2, 0) is 13.0 Å². The Balaban J connectivity index is 1.64. The molecule has 1 aliphatic heterocycles. The van der Waals surface area contributed by atoms with Crippen LogP contribution in [-0.4, -0.2) is 20.4 Å². The van der Waals surface area contributed by atoms with E-state index in [-0.39, 0.29) is 16.3 Å². The molecular weight excluding hydrogens is 380 g/mol. The first kappa shape index (κ1) is 18.2. The minimum Gasteiger partial charge on any atom is -0.334 e. The minimum absolute atomic E-state index is 0.00876. The molecular formula is C20H17ClN4O3. The third kappa shape index (κ3) is 3.48. The number of nitrogens with one attached hydrogen (secondary N) is 1. The standard InChI is InChI=1S/C20H17ClN4O3/c21-15-9-8-13(11-18(15)25(27)28)20(26)23-16-6-2-1-5-14(16)17-12-24-10-4-3-7-19(24)22-17/h1-2,5-6,8-9,11-12H,3-4,7,10H2,(H,23,26). The van der Waals surface area contributed by atoms with E-state index in [1.807, 2.05) is 24.4 Å². The number of amides is 1. The van der Waals surface area contributed by atoms with E-state index in [9.17, 15) is 14.9 Å². The van der Waals surface area contributed by atoms with Gasteiger partial charge >= 0.3 is 0 Å². The summed E-state index contributed by atoms with van der Waals surface area (Å²) in [6.07, 6.45) is 5.22. The summed E-state index contributed by atoms with van der Waals surface area (Å²) in [6.45, 7) is 0.950. The van der Waals surface area contributed by atoms with Crippen molar-refractivity contribution in [2.45, 2.75) is 25.8 Å². The van der Waals surface area contributed by atoms with Crippen molar-refractivity contribution in [3.63, 3.8) is 0 Å². The highest BCUT2D eigenvalue weighted by atomic mass is 35.5. The number of carbonyl (C=O) groups is 1. The number of aromatic nitrogens is 2. The maximum Gasteiger partial charge on any atom is 0.288 e. The fraction of sp³-hybridized carbons (Fsp3) is 0.200. The summed E-state index contributed by atoms with van der Waals surface area (Å²) in [5, 5.41) is 13.9. The van der Waals surface area contributed by atoms with Gasteiger partial charge in [-0.1, -0.05) is 29.8 Å². The number of para-hydroxylation sites is 1. The number of nitro groups is 1. The van der Waals surface area contributed by atoms with E-state index in [2.05, 4.69) is 9.88 Å². The van der Waals surface area contributed by atoms with Gasteiger partial charge in [0.15, 0.2) is 0 Å². The van der Waals surface area contributed by atoms with Gasteiger partial charge in [0.25, 0.3) is 11.6 Å². The van der Waals surface area contributed by atoms with Gasteiger partial charge in [0.05, 0.1) is 16.3 Å². The smallest absolute Gasteiger partial charge is 0.288 e. The molecule has 0 unspecified atom stereocenters. The second-order valence-electron chi connectivity index (χ2n) is 6.62. The zero-order valence-corrected chi connectivity index (χ0v) is 15.6. The first-order valence-corrected chi connectivity index (χ1v) is 9.31. The Bertz CT molecular complexity index is 1050. The highest BCUT2D eigenvalue weighted by molar-refractivity contribution is 6.32. The van der Waals surface area contributed by atoms with Gasteiger partial charge in [0.2, 0.25) is 0 Å². The third-order valence-corrected chi connectivity index (χ3v) is 5.08. The normalized spacial score (nSPS) is 13.0. The molecule has 3 aromatic rings. The summed E-state index contributed by atoms with van der Waals surface area (Å²) in [4.78, 5) is 27.9. The Morgan fingerprint density at radius 2 is 2.04 bits per heavy atom. The van der Waals surface area contributed by atoms with Crippen LogP contribution in [0.2, 0.25) is 5.02 Å². The Kier molecular flexibility index (Phi) is 4.83. The van der Waals surface area contributed by atoms with Crippen molar-refractivity contribution in [2.24, 2.45) is 0 Å². The molecule has 0 spiro atoms. The zero-order chi connectivity index (χ0) is 19.7. The molecule has 1 N–H and O–H groups in total. The minimum atomic E-state index is -0.608. The summed E-state index contributed by atoms with van der Waals surface area (Å²) in [7, 11) is 0. The molecule has 0 saturated carbocycles. The second-order valence-corrected chi connectivity index (χ2v) is 7.02. The lowest BCUT2D eigenvalue weighted by Gasteiger charge is -2.11. The Labute approximate surface area is 166 Å². The maximum atomic E-state index is 12.7. The van der Waals surface area contributed by atoms with Crippen molar-refractivity contribution in [1.29, 1.82) is 0 Å². The molecule has 7 nitrogen and oxygen atoms in total. The van der Waals surface area contributed by atoms with Crippen LogP contribution >= 0.6 is 11.6 Å². The molecule has 2 heterocycles. The lowest BCUT2D eigenvalue weighted by molar-refractivity contribution is -0.384. The van der Waals surface area contributed by atoms with E-state index in [0.717, 1.165) is 42.9 Å². The second kappa shape index (κ2) is 7.44. The molecule has 0 atom stereocenters. The highest BCUT2D eigenvalue weighted by Gasteiger charge is 2.19. The van der Waals surface area contributed by atoms with Crippen LogP contribution in [0.1, 0.15) is 29.0 Å². The summed E-state index contributed by atoms with van der Waals surface area (Å²) >= 11 is 5.83. The lowest BCUT2D eigenvalue weighted by atomic mass is 10.1. The van der Waals surface area contributed by atoms with Crippen molar-refractivity contribution in [1.82, 2.24) is 9.55 Å². The average Bonchev–Trinajstić information content (AvgIpc) is 3.12. The number of halogens is 1. The van der Waals surface area contributed by atoms with Crippen LogP contribution in [0.5, 0.6) is 0 Å². The van der Waals surface area contributed by atoms with Crippen LogP contribution in [0.15, 0.2) is 48.7 Å². The number of nitro benzene ring substituents is 1. The highest BCUT2D eigenvalue weighted by Crippen LogP contribution is 2.30. The summed E-state index contributed by atoms with van der Waals surface area (Å²) < 4.78 is 2.15. The number of imidazole rings is 1. The number of hydrogen-bond acceptors (Lipinski definition) is 4. The fourth-order valence-electron chi connectivity index (χ4n) is 3.35. The average molecular weight is 397 g/mol. The molecule has 2 aromatic carbocycles. The van der Waals surface area contributed by atoms with Gasteiger partial charge in [-0.25, -0.2) is 4.98 Å². The number of nitrogens with zero attached hydrogens (tertiary/aromatic N) is 3. The van der Waals surface area contributed by atoms with Gasteiger partial charge < -0.3 is 9.88 Å². The van der Waals surface area contributed by atoms with Gasteiger partial charge in [-0.2, -0.15) is 0 Å². The number of aryl methyl sites for hydroxylation is 2. The molecule has 0 aliphatic carbocycles. The molecule has 1 aliphatic rings. The van der Waals surface area contributed by atoms with Gasteiger partial charge in [0.1, 0.15) is 10.8 Å². The number of anilines is 1. The van der Waals surface area contributed by atoms with E-state index >= 15 is 0 Å². The number of fused-ring (bicyclic) bond motifs is 1. The quantitative estimate of drug-likeness (QED) is 0.511. The largest absolute Gasteiger partial charge is 0.334 e. The number of rotatable bonds is 4. The first-order valence-electron chi connectivity index (χ1n) is 8.93. The van der Waals surface area contributed by atoms with E-state index in [1.54, 1.807) is 6.07 Å². The van der Waals surface area contributed by atoms with Crippen molar-refractivity contribution >= 4 is 28.9 Å². The summed E-state index contributed by atoms with van der Waals surface area (Å²) in [5.41, 5.74) is 2.07. The third-order valence-electron chi connectivity index (χ3n) is 4.76. The van der Waals surface area contributed by atoms with Crippen LogP contribution in [0.4, 0.5) is 11.4 Å². The molecule has 1 aromatic heterocycles. The molecule has 8 heteroatoms. The summed E-state index contributed by atoms with van der Waals surface area (Å²) in [6, 6.07) is 11.4.